The molecule has 0 saturated heterocycles. The monoisotopic (exact) mass is 308 g/mol. The van der Waals surface area contributed by atoms with E-state index in [0.717, 1.165) is 41.7 Å². The Morgan fingerprint density at radius 3 is 2.67 bits per heavy atom. The molecular formula is C16H25ClN4. The fraction of sp³-hybridized carbons (Fsp3) is 0.750. The van der Waals surface area contributed by atoms with Crippen molar-refractivity contribution in [1.29, 1.82) is 0 Å². The fourth-order valence-corrected chi connectivity index (χ4v) is 3.76. The highest BCUT2D eigenvalue weighted by molar-refractivity contribution is 6.20. The van der Waals surface area contributed by atoms with E-state index in [2.05, 4.69) is 21.3 Å². The van der Waals surface area contributed by atoms with Gasteiger partial charge in [-0.1, -0.05) is 25.7 Å². The van der Waals surface area contributed by atoms with Crippen LogP contribution in [-0.2, 0) is 13.1 Å². The third kappa shape index (κ3) is 2.70. The van der Waals surface area contributed by atoms with E-state index in [1.807, 2.05) is 13.8 Å². The summed E-state index contributed by atoms with van der Waals surface area (Å²) in [5, 5.41) is 4.54. The number of hydrogen-bond acceptors (Lipinski definition) is 2. The summed E-state index contributed by atoms with van der Waals surface area (Å²) >= 11 is 6.37. The molecule has 0 aliphatic heterocycles. The van der Waals surface area contributed by atoms with Crippen molar-refractivity contribution in [3.05, 3.63) is 11.5 Å². The van der Waals surface area contributed by atoms with E-state index in [4.69, 9.17) is 16.6 Å². The van der Waals surface area contributed by atoms with Crippen molar-refractivity contribution in [2.45, 2.75) is 71.3 Å². The van der Waals surface area contributed by atoms with E-state index < -0.39 is 0 Å². The minimum absolute atomic E-state index is 0.0642. The van der Waals surface area contributed by atoms with Crippen molar-refractivity contribution in [2.24, 2.45) is 5.92 Å². The first kappa shape index (κ1) is 14.9. The van der Waals surface area contributed by atoms with Crippen LogP contribution in [0.4, 0.5) is 0 Å². The third-order valence-electron chi connectivity index (χ3n) is 4.72. The molecule has 2 aromatic heterocycles. The lowest BCUT2D eigenvalue weighted by atomic mass is 10.0. The van der Waals surface area contributed by atoms with Gasteiger partial charge in [-0.05, 0) is 33.1 Å². The molecule has 5 heteroatoms. The molecule has 0 radical (unpaired) electrons. The maximum atomic E-state index is 6.37. The number of rotatable bonds is 5. The summed E-state index contributed by atoms with van der Waals surface area (Å²) in [6, 6.07) is 0. The first-order valence-electron chi connectivity index (χ1n) is 8.19. The number of alkyl halides is 1. The van der Waals surface area contributed by atoms with E-state index in [1.165, 1.54) is 32.1 Å². The molecule has 2 aromatic rings. The highest BCUT2D eigenvalue weighted by Crippen LogP contribution is 2.31. The average Bonchev–Trinajstić information content (AvgIpc) is 3.13. The van der Waals surface area contributed by atoms with Crippen LogP contribution in [0.2, 0.25) is 0 Å². The van der Waals surface area contributed by atoms with E-state index in [-0.39, 0.29) is 5.38 Å². The van der Waals surface area contributed by atoms with Crippen molar-refractivity contribution < 1.29 is 0 Å². The van der Waals surface area contributed by atoms with Gasteiger partial charge >= 0.3 is 0 Å². The van der Waals surface area contributed by atoms with Gasteiger partial charge in [0.2, 0.25) is 0 Å². The first-order valence-corrected chi connectivity index (χ1v) is 8.63. The Morgan fingerprint density at radius 2 is 2.05 bits per heavy atom. The Balaban J connectivity index is 1.97. The van der Waals surface area contributed by atoms with Gasteiger partial charge in [0.1, 0.15) is 11.3 Å². The van der Waals surface area contributed by atoms with Crippen LogP contribution in [0.1, 0.15) is 62.8 Å². The molecule has 1 aliphatic carbocycles. The molecule has 116 valence electrons. The predicted octanol–water partition coefficient (Wildman–Crippen LogP) is 4.44. The summed E-state index contributed by atoms with van der Waals surface area (Å²) in [5.41, 5.74) is 3.17. The van der Waals surface area contributed by atoms with E-state index in [9.17, 15) is 0 Å². The van der Waals surface area contributed by atoms with Crippen LogP contribution >= 0.6 is 11.6 Å². The van der Waals surface area contributed by atoms with Crippen LogP contribution in [0, 0.1) is 12.8 Å². The second kappa shape index (κ2) is 5.99. The van der Waals surface area contributed by atoms with Crippen LogP contribution in [0.25, 0.3) is 11.2 Å². The SMILES string of the molecule is CCn1nc(C)c2nc(C(C)Cl)n(CCC3CCCC3)c21. The van der Waals surface area contributed by atoms with Crippen LogP contribution in [-0.4, -0.2) is 19.3 Å². The Labute approximate surface area is 131 Å². The molecule has 4 nitrogen and oxygen atoms in total. The maximum Gasteiger partial charge on any atom is 0.158 e. The van der Waals surface area contributed by atoms with Gasteiger partial charge in [0.15, 0.2) is 5.65 Å². The molecule has 1 unspecified atom stereocenters. The summed E-state index contributed by atoms with van der Waals surface area (Å²) in [7, 11) is 0. The smallest absolute Gasteiger partial charge is 0.158 e. The van der Waals surface area contributed by atoms with Crippen molar-refractivity contribution in [3.8, 4) is 0 Å². The molecular weight excluding hydrogens is 284 g/mol. The molecule has 1 atom stereocenters. The van der Waals surface area contributed by atoms with Gasteiger partial charge in [0.25, 0.3) is 0 Å². The molecule has 1 fully saturated rings. The normalized spacial score (nSPS) is 17.9. The Bertz CT molecular complexity index is 620. The van der Waals surface area contributed by atoms with E-state index in [0.29, 0.717) is 0 Å². The molecule has 1 aliphatic rings. The maximum absolute atomic E-state index is 6.37. The van der Waals surface area contributed by atoms with Crippen molar-refractivity contribution in [2.75, 3.05) is 0 Å². The Hall–Kier alpha value is -1.03. The molecule has 21 heavy (non-hydrogen) atoms. The largest absolute Gasteiger partial charge is 0.312 e. The second-order valence-corrected chi connectivity index (χ2v) is 6.90. The number of imidazole rings is 1. The Morgan fingerprint density at radius 1 is 1.33 bits per heavy atom. The molecule has 0 bridgehead atoms. The van der Waals surface area contributed by atoms with Gasteiger partial charge < -0.3 is 4.57 Å². The van der Waals surface area contributed by atoms with E-state index in [1.54, 1.807) is 0 Å². The minimum atomic E-state index is -0.0642. The van der Waals surface area contributed by atoms with Crippen molar-refractivity contribution in [1.82, 2.24) is 19.3 Å². The zero-order chi connectivity index (χ0) is 15.0. The fourth-order valence-electron chi connectivity index (χ4n) is 3.60. The molecule has 0 N–H and O–H groups in total. The number of aromatic nitrogens is 4. The van der Waals surface area contributed by atoms with E-state index >= 15 is 0 Å². The molecule has 0 spiro atoms. The van der Waals surface area contributed by atoms with Crippen LogP contribution in [0.15, 0.2) is 0 Å². The molecule has 0 aromatic carbocycles. The molecule has 2 heterocycles. The lowest BCUT2D eigenvalue weighted by molar-refractivity contribution is 0.452. The lowest BCUT2D eigenvalue weighted by Gasteiger charge is -2.14. The van der Waals surface area contributed by atoms with Gasteiger partial charge in [0, 0.05) is 13.1 Å². The number of hydrogen-bond donors (Lipinski definition) is 0. The summed E-state index contributed by atoms with van der Waals surface area (Å²) in [6.45, 7) is 8.05. The van der Waals surface area contributed by atoms with Crippen molar-refractivity contribution in [3.63, 3.8) is 0 Å². The summed E-state index contributed by atoms with van der Waals surface area (Å²) < 4.78 is 4.38. The minimum Gasteiger partial charge on any atom is -0.312 e. The van der Waals surface area contributed by atoms with Gasteiger partial charge in [-0.25, -0.2) is 9.67 Å². The second-order valence-electron chi connectivity index (χ2n) is 6.25. The standard InChI is InChI=1S/C16H25ClN4/c1-4-21-16-14(12(3)19-21)18-15(11(2)17)20(16)10-9-13-7-5-6-8-13/h11,13H,4-10H2,1-3H3. The van der Waals surface area contributed by atoms with Gasteiger partial charge in [-0.3, -0.25) is 0 Å². The Kier molecular flexibility index (Phi) is 4.25. The average molecular weight is 309 g/mol. The van der Waals surface area contributed by atoms with Crippen LogP contribution < -0.4 is 0 Å². The highest BCUT2D eigenvalue weighted by Gasteiger charge is 2.22. The summed E-state index contributed by atoms with van der Waals surface area (Å²) in [5.74, 6) is 1.87. The predicted molar refractivity (Wildman–Crippen MR) is 86.8 cm³/mol. The molecule has 1 saturated carbocycles. The number of halogens is 1. The number of aryl methyl sites for hydroxylation is 3. The summed E-state index contributed by atoms with van der Waals surface area (Å²) in [6.07, 6.45) is 6.80. The van der Waals surface area contributed by atoms with Crippen LogP contribution in [0.5, 0.6) is 0 Å². The zero-order valence-corrected chi connectivity index (χ0v) is 14.0. The van der Waals surface area contributed by atoms with Crippen molar-refractivity contribution >= 4 is 22.8 Å². The lowest BCUT2D eigenvalue weighted by Crippen LogP contribution is -2.11. The number of fused-ring (bicyclic) bond motifs is 1. The highest BCUT2D eigenvalue weighted by atomic mass is 35.5. The topological polar surface area (TPSA) is 35.6 Å². The van der Waals surface area contributed by atoms with Gasteiger partial charge in [-0.2, -0.15) is 5.10 Å². The molecule has 0 amide bonds. The zero-order valence-electron chi connectivity index (χ0n) is 13.3. The summed E-state index contributed by atoms with van der Waals surface area (Å²) in [4.78, 5) is 4.77. The van der Waals surface area contributed by atoms with Gasteiger partial charge in [0.05, 0.1) is 11.1 Å². The third-order valence-corrected chi connectivity index (χ3v) is 4.91. The quantitative estimate of drug-likeness (QED) is 0.765. The van der Waals surface area contributed by atoms with Gasteiger partial charge in [-0.15, -0.1) is 11.6 Å². The number of nitrogens with zero attached hydrogens (tertiary/aromatic N) is 4. The molecule has 3 rings (SSSR count). The van der Waals surface area contributed by atoms with Crippen LogP contribution in [0.3, 0.4) is 0 Å². The first-order chi connectivity index (χ1) is 10.1.